The van der Waals surface area contributed by atoms with Crippen LogP contribution in [0.25, 0.3) is 0 Å². The second kappa shape index (κ2) is 6.24. The van der Waals surface area contributed by atoms with Crippen LogP contribution in [0.4, 0.5) is 0 Å². The minimum atomic E-state index is -3.54. The van der Waals surface area contributed by atoms with E-state index in [2.05, 4.69) is 36.6 Å². The molecule has 0 spiro atoms. The summed E-state index contributed by atoms with van der Waals surface area (Å²) in [5, 5.41) is 0. The summed E-state index contributed by atoms with van der Waals surface area (Å²) >= 11 is 6.69. The van der Waals surface area contributed by atoms with Gasteiger partial charge in [0.05, 0.1) is 4.90 Å². The number of sulfonamides is 1. The lowest BCUT2D eigenvalue weighted by Crippen LogP contribution is -2.43. The Hall–Kier alpha value is 0.0900. The van der Waals surface area contributed by atoms with E-state index in [1.165, 1.54) is 0 Å². The van der Waals surface area contributed by atoms with E-state index in [4.69, 9.17) is 0 Å². The fourth-order valence-corrected chi connectivity index (χ4v) is 5.05. The Balaban J connectivity index is 3.18. The molecule has 0 aliphatic carbocycles. The van der Waals surface area contributed by atoms with Crippen molar-refractivity contribution in [2.45, 2.75) is 51.0 Å². The molecule has 1 aromatic carbocycles. The van der Waals surface area contributed by atoms with Crippen molar-refractivity contribution in [3.05, 3.63) is 26.6 Å². The molecule has 0 bridgehead atoms. The summed E-state index contributed by atoms with van der Waals surface area (Å²) in [6.45, 7) is 7.74. The zero-order valence-electron chi connectivity index (χ0n) is 11.5. The lowest BCUT2D eigenvalue weighted by molar-refractivity contribution is 0.417. The first kappa shape index (κ1) is 17.1. The van der Waals surface area contributed by atoms with Crippen LogP contribution in [0.5, 0.6) is 0 Å². The summed E-state index contributed by atoms with van der Waals surface area (Å²) in [5.74, 6) is 0. The molecule has 1 N–H and O–H groups in total. The molecule has 108 valence electrons. The number of aryl methyl sites for hydroxylation is 1. The van der Waals surface area contributed by atoms with Crippen LogP contribution in [0.1, 0.15) is 39.2 Å². The highest BCUT2D eigenvalue weighted by molar-refractivity contribution is 9.11. The Morgan fingerprint density at radius 2 is 1.79 bits per heavy atom. The largest absolute Gasteiger partial charge is 0.242 e. The quantitative estimate of drug-likeness (QED) is 0.779. The highest BCUT2D eigenvalue weighted by Crippen LogP contribution is 2.29. The summed E-state index contributed by atoms with van der Waals surface area (Å²) < 4.78 is 29.0. The Kier molecular flexibility index (Phi) is 5.63. The first-order chi connectivity index (χ1) is 8.59. The topological polar surface area (TPSA) is 46.2 Å². The second-order valence-electron chi connectivity index (χ2n) is 5.27. The Morgan fingerprint density at radius 3 is 2.32 bits per heavy atom. The molecule has 6 heteroatoms. The van der Waals surface area contributed by atoms with Crippen LogP contribution in [-0.4, -0.2) is 14.0 Å². The van der Waals surface area contributed by atoms with E-state index in [-0.39, 0.29) is 4.90 Å². The summed E-state index contributed by atoms with van der Waals surface area (Å²) in [6, 6.07) is 3.43. The third-order valence-electron chi connectivity index (χ3n) is 2.79. The number of nitrogens with one attached hydrogen (secondary N) is 1. The van der Waals surface area contributed by atoms with Crippen molar-refractivity contribution in [3.8, 4) is 0 Å². The lowest BCUT2D eigenvalue weighted by Gasteiger charge is -2.25. The molecule has 0 radical (unpaired) electrons. The van der Waals surface area contributed by atoms with Crippen molar-refractivity contribution in [3.63, 3.8) is 0 Å². The summed E-state index contributed by atoms with van der Waals surface area (Å²) in [5.41, 5.74) is 0.531. The Bertz CT molecular complexity index is 568. The van der Waals surface area contributed by atoms with Crippen LogP contribution in [-0.2, 0) is 10.0 Å². The molecule has 0 unspecified atom stereocenters. The van der Waals surface area contributed by atoms with Crippen LogP contribution in [0.2, 0.25) is 0 Å². The zero-order chi connectivity index (χ0) is 14.8. The smallest absolute Gasteiger partial charge is 0.207 e. The molecule has 0 heterocycles. The number of halogens is 2. The van der Waals surface area contributed by atoms with Gasteiger partial charge in [-0.2, -0.15) is 0 Å². The molecule has 0 aliphatic rings. The summed E-state index contributed by atoms with van der Waals surface area (Å²) in [6.07, 6.45) is 1.71. The molecular formula is C13H19Br2NO2S. The number of benzene rings is 1. The highest BCUT2D eigenvalue weighted by atomic mass is 79.9. The molecule has 0 aromatic heterocycles. The maximum Gasteiger partial charge on any atom is 0.242 e. The minimum Gasteiger partial charge on any atom is -0.207 e. The molecule has 0 atom stereocenters. The normalized spacial score (nSPS) is 12.7. The van der Waals surface area contributed by atoms with E-state index in [0.29, 0.717) is 4.47 Å². The zero-order valence-corrected chi connectivity index (χ0v) is 15.5. The first-order valence-electron chi connectivity index (χ1n) is 6.08. The van der Waals surface area contributed by atoms with Crippen LogP contribution < -0.4 is 4.72 Å². The van der Waals surface area contributed by atoms with Gasteiger partial charge in [0.25, 0.3) is 0 Å². The molecular weight excluding hydrogens is 394 g/mol. The van der Waals surface area contributed by atoms with Crippen LogP contribution in [0, 0.1) is 6.92 Å². The van der Waals surface area contributed by atoms with Crippen molar-refractivity contribution >= 4 is 41.9 Å². The van der Waals surface area contributed by atoms with Crippen molar-refractivity contribution in [2.75, 3.05) is 0 Å². The predicted octanol–water partition coefficient (Wildman–Crippen LogP) is 4.38. The molecule has 3 nitrogen and oxygen atoms in total. The molecule has 1 aromatic rings. The van der Waals surface area contributed by atoms with Gasteiger partial charge in [-0.1, -0.05) is 29.3 Å². The average Bonchev–Trinajstić information content (AvgIpc) is 2.21. The van der Waals surface area contributed by atoms with E-state index in [9.17, 15) is 8.42 Å². The van der Waals surface area contributed by atoms with Crippen LogP contribution in [0.15, 0.2) is 26.0 Å². The third-order valence-corrected chi connectivity index (χ3v) is 6.30. The monoisotopic (exact) mass is 411 g/mol. The molecule has 1 rings (SSSR count). The Labute approximate surface area is 132 Å². The molecule has 0 saturated heterocycles. The maximum absolute atomic E-state index is 12.4. The summed E-state index contributed by atoms with van der Waals surface area (Å²) in [7, 11) is -3.54. The van der Waals surface area contributed by atoms with E-state index in [0.717, 1.165) is 22.9 Å². The van der Waals surface area contributed by atoms with Gasteiger partial charge in [0, 0.05) is 14.5 Å². The molecule has 19 heavy (non-hydrogen) atoms. The molecule has 0 aliphatic heterocycles. The number of hydrogen-bond acceptors (Lipinski definition) is 2. The van der Waals surface area contributed by atoms with Gasteiger partial charge >= 0.3 is 0 Å². The highest BCUT2D eigenvalue weighted by Gasteiger charge is 2.27. The summed E-state index contributed by atoms with van der Waals surface area (Å²) in [4.78, 5) is 0.258. The minimum absolute atomic E-state index is 0.258. The second-order valence-corrected chi connectivity index (χ2v) is 8.63. The standard InChI is InChI=1S/C13H19Br2NO2S/c1-5-6-13(3,4)16-19(17,18)12-8-10(14)9(2)7-11(12)15/h7-8,16H,5-6H2,1-4H3. The number of rotatable bonds is 5. The van der Waals surface area contributed by atoms with Gasteiger partial charge in [-0.15, -0.1) is 0 Å². The Morgan fingerprint density at radius 1 is 1.21 bits per heavy atom. The molecule has 0 amide bonds. The van der Waals surface area contributed by atoms with E-state index in [1.54, 1.807) is 12.1 Å². The fraction of sp³-hybridized carbons (Fsp3) is 0.538. The van der Waals surface area contributed by atoms with Crippen LogP contribution >= 0.6 is 31.9 Å². The van der Waals surface area contributed by atoms with Crippen molar-refractivity contribution in [1.82, 2.24) is 4.72 Å². The van der Waals surface area contributed by atoms with Gasteiger partial charge in [0.2, 0.25) is 10.0 Å². The van der Waals surface area contributed by atoms with Gasteiger partial charge in [0.15, 0.2) is 0 Å². The van der Waals surface area contributed by atoms with Crippen molar-refractivity contribution < 1.29 is 8.42 Å². The van der Waals surface area contributed by atoms with Gasteiger partial charge in [-0.3, -0.25) is 0 Å². The van der Waals surface area contributed by atoms with Crippen molar-refractivity contribution in [2.24, 2.45) is 0 Å². The maximum atomic E-state index is 12.4. The van der Waals surface area contributed by atoms with Gasteiger partial charge in [0.1, 0.15) is 0 Å². The van der Waals surface area contributed by atoms with E-state index >= 15 is 0 Å². The van der Waals surface area contributed by atoms with Gasteiger partial charge in [-0.05, 0) is 60.8 Å². The third kappa shape index (κ3) is 4.55. The fourth-order valence-electron chi connectivity index (χ4n) is 1.93. The van der Waals surface area contributed by atoms with E-state index < -0.39 is 15.6 Å². The van der Waals surface area contributed by atoms with E-state index in [1.807, 2.05) is 27.7 Å². The lowest BCUT2D eigenvalue weighted by atomic mass is 10.0. The molecule has 0 fully saturated rings. The van der Waals surface area contributed by atoms with Gasteiger partial charge < -0.3 is 0 Å². The average molecular weight is 413 g/mol. The SMILES string of the molecule is CCCC(C)(C)NS(=O)(=O)c1cc(Br)c(C)cc1Br. The van der Waals surface area contributed by atoms with Crippen LogP contribution in [0.3, 0.4) is 0 Å². The first-order valence-corrected chi connectivity index (χ1v) is 9.15. The van der Waals surface area contributed by atoms with Crippen molar-refractivity contribution in [1.29, 1.82) is 0 Å². The number of hydrogen-bond donors (Lipinski definition) is 1. The van der Waals surface area contributed by atoms with Gasteiger partial charge in [-0.25, -0.2) is 13.1 Å². The predicted molar refractivity (Wildman–Crippen MR) is 85.9 cm³/mol. The molecule has 0 saturated carbocycles.